The molecule has 0 aliphatic rings. The first kappa shape index (κ1) is 18.7. The molecule has 0 unspecified atom stereocenters. The van der Waals surface area contributed by atoms with Crippen molar-refractivity contribution in [2.45, 2.75) is 32.7 Å². The van der Waals surface area contributed by atoms with E-state index in [9.17, 15) is 4.79 Å². The number of benzene rings is 1. The average Bonchev–Trinajstić information content (AvgIpc) is 3.37. The minimum atomic E-state index is -0.209. The number of aromatic nitrogens is 3. The number of amides is 1. The Hall–Kier alpha value is -3.61. The fraction of sp³-hybridized carbons (Fsp3) is 0.227. The van der Waals surface area contributed by atoms with Gasteiger partial charge in [0.25, 0.3) is 5.91 Å². The van der Waals surface area contributed by atoms with Crippen molar-refractivity contribution in [3.05, 3.63) is 77.9 Å². The van der Waals surface area contributed by atoms with Gasteiger partial charge in [-0.2, -0.15) is 9.61 Å². The van der Waals surface area contributed by atoms with E-state index in [1.165, 1.54) is 5.56 Å². The minimum absolute atomic E-state index is 0.0398. The van der Waals surface area contributed by atoms with E-state index >= 15 is 0 Å². The fourth-order valence-corrected chi connectivity index (χ4v) is 3.00. The summed E-state index contributed by atoms with van der Waals surface area (Å²) >= 11 is 0. The highest BCUT2D eigenvalue weighted by atomic mass is 16.3. The molecule has 0 atom stereocenters. The number of anilines is 2. The smallest absolute Gasteiger partial charge is 0.256 e. The van der Waals surface area contributed by atoms with Gasteiger partial charge in [-0.3, -0.25) is 4.79 Å². The van der Waals surface area contributed by atoms with Gasteiger partial charge in [0.2, 0.25) is 0 Å². The zero-order valence-corrected chi connectivity index (χ0v) is 16.6. The molecule has 0 fully saturated rings. The normalized spacial score (nSPS) is 11.6. The van der Waals surface area contributed by atoms with Crippen molar-refractivity contribution in [3.63, 3.8) is 0 Å². The summed E-state index contributed by atoms with van der Waals surface area (Å²) in [4.78, 5) is 17.2. The SMILES string of the molecule is CC(C)(C)c1ccc(C(=O)Nc2cc(NCc3ccco3)n3nccc3n2)cc1. The quantitative estimate of drug-likeness (QED) is 0.526. The van der Waals surface area contributed by atoms with Gasteiger partial charge in [0.05, 0.1) is 19.0 Å². The van der Waals surface area contributed by atoms with Crippen molar-refractivity contribution in [1.82, 2.24) is 14.6 Å². The summed E-state index contributed by atoms with van der Waals surface area (Å²) in [5, 5.41) is 10.4. The number of fused-ring (bicyclic) bond motifs is 1. The Morgan fingerprint density at radius 3 is 2.62 bits per heavy atom. The highest BCUT2D eigenvalue weighted by Crippen LogP contribution is 2.23. The summed E-state index contributed by atoms with van der Waals surface area (Å²) in [6, 6.07) is 14.9. The summed E-state index contributed by atoms with van der Waals surface area (Å²) in [5.74, 6) is 1.74. The lowest BCUT2D eigenvalue weighted by molar-refractivity contribution is 0.102. The number of nitrogens with one attached hydrogen (secondary N) is 2. The Bertz CT molecular complexity index is 1120. The van der Waals surface area contributed by atoms with Crippen LogP contribution in [0.5, 0.6) is 0 Å². The third-order valence-corrected chi connectivity index (χ3v) is 4.64. The summed E-state index contributed by atoms with van der Waals surface area (Å²) in [6.07, 6.45) is 3.29. The highest BCUT2D eigenvalue weighted by Gasteiger charge is 2.15. The maximum atomic E-state index is 12.7. The number of carbonyl (C=O) groups is 1. The van der Waals surface area contributed by atoms with E-state index in [2.05, 4.69) is 41.5 Å². The second-order valence-corrected chi connectivity index (χ2v) is 7.84. The predicted molar refractivity (Wildman–Crippen MR) is 112 cm³/mol. The molecule has 0 spiro atoms. The Morgan fingerprint density at radius 1 is 1.14 bits per heavy atom. The summed E-state index contributed by atoms with van der Waals surface area (Å²) in [7, 11) is 0. The standard InChI is InChI=1S/C22H23N5O2/c1-22(2,3)16-8-6-15(7-9-16)21(28)26-18-13-20(23-14-17-5-4-12-29-17)27-19(25-18)10-11-24-27/h4-13,23H,14H2,1-3H3,(H,25,26,28). The van der Waals surface area contributed by atoms with E-state index in [-0.39, 0.29) is 11.3 Å². The van der Waals surface area contributed by atoms with Crippen molar-refractivity contribution in [3.8, 4) is 0 Å². The van der Waals surface area contributed by atoms with Gasteiger partial charge in [0.1, 0.15) is 17.4 Å². The van der Waals surface area contributed by atoms with Crippen LogP contribution in [-0.4, -0.2) is 20.5 Å². The number of furan rings is 1. The van der Waals surface area contributed by atoms with E-state index < -0.39 is 0 Å². The Balaban J connectivity index is 1.55. The van der Waals surface area contributed by atoms with Crippen LogP contribution in [0.3, 0.4) is 0 Å². The van der Waals surface area contributed by atoms with Gasteiger partial charge in [-0.15, -0.1) is 0 Å². The molecule has 1 amide bonds. The van der Waals surface area contributed by atoms with E-state index in [0.29, 0.717) is 29.4 Å². The zero-order chi connectivity index (χ0) is 20.4. The number of nitrogens with zero attached hydrogens (tertiary/aromatic N) is 3. The van der Waals surface area contributed by atoms with Crippen LogP contribution in [0.4, 0.5) is 11.6 Å². The molecule has 0 saturated heterocycles. The monoisotopic (exact) mass is 389 g/mol. The predicted octanol–water partition coefficient (Wildman–Crippen LogP) is 4.48. The van der Waals surface area contributed by atoms with Crippen LogP contribution in [0.15, 0.2) is 65.4 Å². The Morgan fingerprint density at radius 2 is 1.93 bits per heavy atom. The van der Waals surface area contributed by atoms with Crippen LogP contribution in [0.25, 0.3) is 5.65 Å². The average molecular weight is 389 g/mol. The van der Waals surface area contributed by atoms with Crippen LogP contribution in [0, 0.1) is 0 Å². The van der Waals surface area contributed by atoms with Crippen molar-refractivity contribution < 1.29 is 9.21 Å². The third kappa shape index (κ3) is 4.13. The molecule has 4 aromatic rings. The van der Waals surface area contributed by atoms with Crippen molar-refractivity contribution in [2.24, 2.45) is 0 Å². The summed E-state index contributed by atoms with van der Waals surface area (Å²) in [5.41, 5.74) is 2.43. The molecule has 3 aromatic heterocycles. The molecule has 4 rings (SSSR count). The molecule has 0 aliphatic carbocycles. The van der Waals surface area contributed by atoms with Gasteiger partial charge < -0.3 is 15.1 Å². The lowest BCUT2D eigenvalue weighted by Gasteiger charge is -2.19. The van der Waals surface area contributed by atoms with Gasteiger partial charge in [-0.1, -0.05) is 32.9 Å². The summed E-state index contributed by atoms with van der Waals surface area (Å²) in [6.45, 7) is 6.92. The largest absolute Gasteiger partial charge is 0.467 e. The zero-order valence-electron chi connectivity index (χ0n) is 16.6. The van der Waals surface area contributed by atoms with E-state index in [0.717, 1.165) is 5.76 Å². The molecule has 2 N–H and O–H groups in total. The first-order valence-electron chi connectivity index (χ1n) is 9.43. The Labute approximate surface area is 168 Å². The second kappa shape index (κ2) is 7.43. The van der Waals surface area contributed by atoms with E-state index in [1.54, 1.807) is 29.1 Å². The second-order valence-electron chi connectivity index (χ2n) is 7.84. The molecule has 0 radical (unpaired) electrons. The minimum Gasteiger partial charge on any atom is -0.467 e. The molecule has 7 nitrogen and oxygen atoms in total. The van der Waals surface area contributed by atoms with Crippen molar-refractivity contribution in [2.75, 3.05) is 10.6 Å². The van der Waals surface area contributed by atoms with Crippen molar-refractivity contribution in [1.29, 1.82) is 0 Å². The first-order chi connectivity index (χ1) is 13.9. The molecule has 1 aromatic carbocycles. The number of hydrogen-bond acceptors (Lipinski definition) is 5. The van der Waals surface area contributed by atoms with Crippen LogP contribution in [0.2, 0.25) is 0 Å². The van der Waals surface area contributed by atoms with Crippen LogP contribution >= 0.6 is 0 Å². The van der Waals surface area contributed by atoms with E-state index in [4.69, 9.17) is 4.42 Å². The number of carbonyl (C=O) groups excluding carboxylic acids is 1. The molecule has 3 heterocycles. The van der Waals surface area contributed by atoms with Crippen LogP contribution in [0.1, 0.15) is 42.5 Å². The van der Waals surface area contributed by atoms with Gasteiger partial charge in [-0.05, 0) is 35.2 Å². The molecular weight excluding hydrogens is 366 g/mol. The fourth-order valence-electron chi connectivity index (χ4n) is 3.00. The van der Waals surface area contributed by atoms with E-state index in [1.807, 2.05) is 36.4 Å². The van der Waals surface area contributed by atoms with Gasteiger partial charge in [-0.25, -0.2) is 4.98 Å². The topological polar surface area (TPSA) is 84.5 Å². The molecule has 0 bridgehead atoms. The lowest BCUT2D eigenvalue weighted by atomic mass is 9.87. The molecule has 0 saturated carbocycles. The summed E-state index contributed by atoms with van der Waals surface area (Å²) < 4.78 is 7.03. The van der Waals surface area contributed by atoms with Gasteiger partial charge >= 0.3 is 0 Å². The van der Waals surface area contributed by atoms with Gasteiger partial charge in [0.15, 0.2) is 5.65 Å². The highest BCUT2D eigenvalue weighted by molar-refractivity contribution is 6.04. The molecule has 29 heavy (non-hydrogen) atoms. The molecular formula is C22H23N5O2. The molecule has 0 aliphatic heterocycles. The van der Waals surface area contributed by atoms with Crippen LogP contribution < -0.4 is 10.6 Å². The maximum Gasteiger partial charge on any atom is 0.256 e. The van der Waals surface area contributed by atoms with Crippen molar-refractivity contribution >= 4 is 23.2 Å². The number of rotatable bonds is 5. The van der Waals surface area contributed by atoms with Crippen LogP contribution in [-0.2, 0) is 12.0 Å². The third-order valence-electron chi connectivity index (χ3n) is 4.64. The lowest BCUT2D eigenvalue weighted by Crippen LogP contribution is -2.16. The maximum absolute atomic E-state index is 12.7. The van der Waals surface area contributed by atoms with Gasteiger partial charge in [0, 0.05) is 17.7 Å². The Kier molecular flexibility index (Phi) is 4.80. The molecule has 7 heteroatoms. The molecule has 148 valence electrons. The first-order valence-corrected chi connectivity index (χ1v) is 9.43. The number of hydrogen-bond donors (Lipinski definition) is 2.